The number of hydrogen-bond donors (Lipinski definition) is 1. The lowest BCUT2D eigenvalue weighted by atomic mass is 10.0. The van der Waals surface area contributed by atoms with E-state index in [0.717, 1.165) is 6.42 Å². The fourth-order valence-electron chi connectivity index (χ4n) is 2.11. The summed E-state index contributed by atoms with van der Waals surface area (Å²) in [6.45, 7) is 0. The van der Waals surface area contributed by atoms with Crippen LogP contribution in [0.5, 0.6) is 0 Å². The molecule has 3 atom stereocenters. The predicted molar refractivity (Wildman–Crippen MR) is 40.2 cm³/mol. The summed E-state index contributed by atoms with van der Waals surface area (Å²) in [6, 6.07) is 0.103. The van der Waals surface area contributed by atoms with Crippen molar-refractivity contribution < 1.29 is 9.90 Å². The van der Waals surface area contributed by atoms with Crippen molar-refractivity contribution >= 4 is 5.97 Å². The third kappa shape index (κ3) is 0.807. The van der Waals surface area contributed by atoms with E-state index in [-0.39, 0.29) is 12.0 Å². The van der Waals surface area contributed by atoms with Crippen LogP contribution >= 0.6 is 0 Å². The van der Waals surface area contributed by atoms with Crippen molar-refractivity contribution in [2.75, 3.05) is 7.05 Å². The van der Waals surface area contributed by atoms with Crippen LogP contribution in [0.3, 0.4) is 0 Å². The molecule has 3 nitrogen and oxygen atoms in total. The van der Waals surface area contributed by atoms with Gasteiger partial charge in [-0.25, -0.2) is 0 Å². The maximum Gasteiger partial charge on any atom is 0.321 e. The Morgan fingerprint density at radius 1 is 1.64 bits per heavy atom. The molecule has 0 aromatic rings. The van der Waals surface area contributed by atoms with Gasteiger partial charge in [0.15, 0.2) is 0 Å². The minimum atomic E-state index is -0.690. The van der Waals surface area contributed by atoms with Gasteiger partial charge in [0.1, 0.15) is 6.04 Å². The number of fused-ring (bicyclic) bond motifs is 2. The maximum atomic E-state index is 10.7. The normalized spacial score (nSPS) is 41.7. The van der Waals surface area contributed by atoms with Crippen LogP contribution in [-0.2, 0) is 4.79 Å². The monoisotopic (exact) mass is 153 g/mol. The number of likely N-dealkylation sites (N-methyl/N-ethyl adjacent to an activating group) is 1. The Hall–Kier alpha value is -0.830. The molecule has 1 aliphatic carbocycles. The molecular formula is C8H11NO2. The van der Waals surface area contributed by atoms with Crippen molar-refractivity contribution in [1.82, 2.24) is 4.90 Å². The van der Waals surface area contributed by atoms with Crippen LogP contribution in [0.15, 0.2) is 12.2 Å². The van der Waals surface area contributed by atoms with Crippen molar-refractivity contribution in [2.45, 2.75) is 18.5 Å². The molecular weight excluding hydrogens is 142 g/mol. The summed E-state index contributed by atoms with van der Waals surface area (Å²) >= 11 is 0. The van der Waals surface area contributed by atoms with Crippen molar-refractivity contribution in [3.63, 3.8) is 0 Å². The highest BCUT2D eigenvalue weighted by molar-refractivity contribution is 5.75. The lowest BCUT2D eigenvalue weighted by Gasteiger charge is -2.24. The summed E-state index contributed by atoms with van der Waals surface area (Å²) in [5, 5.41) is 8.83. The van der Waals surface area contributed by atoms with E-state index >= 15 is 0 Å². The van der Waals surface area contributed by atoms with Crippen LogP contribution in [0.25, 0.3) is 0 Å². The van der Waals surface area contributed by atoms with Gasteiger partial charge >= 0.3 is 5.97 Å². The summed E-state index contributed by atoms with van der Waals surface area (Å²) < 4.78 is 0. The Labute approximate surface area is 65.3 Å². The van der Waals surface area contributed by atoms with E-state index in [0.29, 0.717) is 6.04 Å². The van der Waals surface area contributed by atoms with E-state index in [9.17, 15) is 4.79 Å². The first kappa shape index (κ1) is 6.85. The standard InChI is InChI=1S/C8H11NO2/c1-9-6-3-2-5(4-6)7(9)8(10)11/h2-3,5-7H,4H2,1H3,(H,10,11)/t5-,6+,7-/m1/s1. The number of carboxylic acids is 1. The van der Waals surface area contributed by atoms with Crippen molar-refractivity contribution in [1.29, 1.82) is 0 Å². The number of nitrogens with zero attached hydrogens (tertiary/aromatic N) is 1. The first-order valence-electron chi connectivity index (χ1n) is 3.83. The Morgan fingerprint density at radius 3 is 2.73 bits per heavy atom. The Morgan fingerprint density at radius 2 is 2.36 bits per heavy atom. The topological polar surface area (TPSA) is 40.5 Å². The summed E-state index contributed by atoms with van der Waals surface area (Å²) in [4.78, 5) is 12.7. The van der Waals surface area contributed by atoms with Crippen LogP contribution in [0, 0.1) is 5.92 Å². The average Bonchev–Trinajstić information content (AvgIpc) is 2.44. The van der Waals surface area contributed by atoms with Gasteiger partial charge in [-0.1, -0.05) is 12.2 Å². The molecule has 1 N–H and O–H groups in total. The maximum absolute atomic E-state index is 10.7. The molecule has 60 valence electrons. The molecule has 0 spiro atoms. The first-order chi connectivity index (χ1) is 5.20. The van der Waals surface area contributed by atoms with E-state index in [1.54, 1.807) is 0 Å². The molecule has 11 heavy (non-hydrogen) atoms. The van der Waals surface area contributed by atoms with Crippen molar-refractivity contribution in [3.05, 3.63) is 12.2 Å². The van der Waals surface area contributed by atoms with Gasteiger partial charge in [0.05, 0.1) is 0 Å². The smallest absolute Gasteiger partial charge is 0.321 e. The second kappa shape index (κ2) is 2.08. The van der Waals surface area contributed by atoms with E-state index in [2.05, 4.69) is 6.08 Å². The summed E-state index contributed by atoms with van der Waals surface area (Å²) in [5.74, 6) is -0.438. The zero-order chi connectivity index (χ0) is 8.01. The molecule has 1 saturated heterocycles. The highest BCUT2D eigenvalue weighted by Crippen LogP contribution is 2.35. The lowest BCUT2D eigenvalue weighted by Crippen LogP contribution is -2.41. The highest BCUT2D eigenvalue weighted by Gasteiger charge is 2.44. The molecule has 2 rings (SSSR count). The number of likely N-dealkylation sites (tertiary alicyclic amines) is 1. The Bertz CT molecular complexity index is 224. The Kier molecular flexibility index (Phi) is 1.29. The minimum Gasteiger partial charge on any atom is -0.480 e. The fraction of sp³-hybridized carbons (Fsp3) is 0.625. The molecule has 0 amide bonds. The van der Waals surface area contributed by atoms with Gasteiger partial charge in [0.25, 0.3) is 0 Å². The molecule has 1 heterocycles. The van der Waals surface area contributed by atoms with E-state index in [4.69, 9.17) is 5.11 Å². The summed E-state index contributed by atoms with van der Waals surface area (Å²) in [7, 11) is 1.88. The molecule has 0 aromatic heterocycles. The lowest BCUT2D eigenvalue weighted by molar-refractivity contribution is -0.142. The first-order valence-corrected chi connectivity index (χ1v) is 3.83. The Balaban J connectivity index is 2.25. The van der Waals surface area contributed by atoms with Gasteiger partial charge in [-0.15, -0.1) is 0 Å². The molecule has 1 fully saturated rings. The minimum absolute atomic E-state index is 0.252. The number of hydrogen-bond acceptors (Lipinski definition) is 2. The highest BCUT2D eigenvalue weighted by atomic mass is 16.4. The molecule has 0 unspecified atom stereocenters. The third-order valence-corrected chi connectivity index (χ3v) is 2.71. The number of carboxylic acid groups (broad SMARTS) is 1. The molecule has 0 radical (unpaired) electrons. The summed E-state index contributed by atoms with van der Waals surface area (Å²) in [5.41, 5.74) is 0. The van der Waals surface area contributed by atoms with Crippen LogP contribution in [-0.4, -0.2) is 35.1 Å². The zero-order valence-electron chi connectivity index (χ0n) is 6.40. The van der Waals surface area contributed by atoms with Gasteiger partial charge in [-0.2, -0.15) is 0 Å². The second-order valence-electron chi connectivity index (χ2n) is 3.30. The van der Waals surface area contributed by atoms with Crippen LogP contribution < -0.4 is 0 Å². The summed E-state index contributed by atoms with van der Waals surface area (Å²) in [6.07, 6.45) is 5.13. The van der Waals surface area contributed by atoms with Crippen molar-refractivity contribution in [3.8, 4) is 0 Å². The van der Waals surface area contributed by atoms with Gasteiger partial charge in [0, 0.05) is 12.0 Å². The van der Waals surface area contributed by atoms with Gasteiger partial charge in [0.2, 0.25) is 0 Å². The fourth-order valence-corrected chi connectivity index (χ4v) is 2.11. The number of aliphatic carboxylic acids is 1. The quantitative estimate of drug-likeness (QED) is 0.552. The van der Waals surface area contributed by atoms with E-state index in [1.807, 2.05) is 18.0 Å². The number of rotatable bonds is 1. The van der Waals surface area contributed by atoms with Gasteiger partial charge < -0.3 is 5.11 Å². The van der Waals surface area contributed by atoms with E-state index < -0.39 is 5.97 Å². The SMILES string of the molecule is CN1[C@H]2C=C[C@H](C2)[C@@H]1C(=O)O. The van der Waals surface area contributed by atoms with Crippen molar-refractivity contribution in [2.24, 2.45) is 5.92 Å². The predicted octanol–water partition coefficient (Wildman–Crippen LogP) is 0.330. The molecule has 2 aliphatic rings. The average molecular weight is 153 g/mol. The molecule has 2 bridgehead atoms. The van der Waals surface area contributed by atoms with Crippen LogP contribution in [0.4, 0.5) is 0 Å². The molecule has 1 aliphatic heterocycles. The molecule has 0 saturated carbocycles. The molecule has 3 heteroatoms. The van der Waals surface area contributed by atoms with Gasteiger partial charge in [-0.3, -0.25) is 9.69 Å². The largest absolute Gasteiger partial charge is 0.480 e. The van der Waals surface area contributed by atoms with Gasteiger partial charge in [-0.05, 0) is 13.5 Å². The zero-order valence-corrected chi connectivity index (χ0v) is 6.40. The number of carbonyl (C=O) groups is 1. The van der Waals surface area contributed by atoms with Crippen LogP contribution in [0.1, 0.15) is 6.42 Å². The van der Waals surface area contributed by atoms with Crippen LogP contribution in [0.2, 0.25) is 0 Å². The second-order valence-corrected chi connectivity index (χ2v) is 3.30. The third-order valence-electron chi connectivity index (χ3n) is 2.71. The van der Waals surface area contributed by atoms with E-state index in [1.165, 1.54) is 0 Å². The molecule has 0 aromatic carbocycles.